The van der Waals surface area contributed by atoms with Gasteiger partial charge in [-0.25, -0.2) is 0 Å². The first-order valence-electron chi connectivity index (χ1n) is 5.44. The Bertz CT molecular complexity index is 531. The summed E-state index contributed by atoms with van der Waals surface area (Å²) in [7, 11) is 0. The molecule has 0 bridgehead atoms. The summed E-state index contributed by atoms with van der Waals surface area (Å²) in [6, 6.07) is 0. The number of rotatable bonds is 5. The molecule has 2 aliphatic heterocycles. The minimum Gasteiger partial charge on any atom is -0.411 e. The van der Waals surface area contributed by atoms with Gasteiger partial charge in [0.05, 0.1) is 11.8 Å². The van der Waals surface area contributed by atoms with Gasteiger partial charge < -0.3 is 4.74 Å². The Kier molecular flexibility index (Phi) is 3.76. The molecule has 1 saturated heterocycles. The van der Waals surface area contributed by atoms with E-state index in [-0.39, 0.29) is 11.3 Å². The van der Waals surface area contributed by atoms with E-state index in [9.17, 15) is 9.59 Å². The standard InChI is InChI=1S/C10H9N3O3S3/c14-5-16-9-6(3-18-10-12-11-4-19-10)2-17-8-1-7(15)13(8)9/h4-5,8H,1-3H2. The van der Waals surface area contributed by atoms with Gasteiger partial charge in [0.15, 0.2) is 4.34 Å². The number of carbonyl (C=O) groups is 2. The van der Waals surface area contributed by atoms with E-state index in [1.807, 2.05) is 0 Å². The zero-order valence-electron chi connectivity index (χ0n) is 9.64. The number of thioether (sulfide) groups is 2. The number of aromatic nitrogens is 2. The maximum absolute atomic E-state index is 11.6. The molecule has 9 heteroatoms. The highest BCUT2D eigenvalue weighted by atomic mass is 32.2. The maximum atomic E-state index is 11.6. The van der Waals surface area contributed by atoms with Crippen LogP contribution in [0.4, 0.5) is 0 Å². The van der Waals surface area contributed by atoms with Crippen LogP contribution in [-0.2, 0) is 14.3 Å². The Morgan fingerprint density at radius 3 is 3.21 bits per heavy atom. The van der Waals surface area contributed by atoms with E-state index in [0.29, 0.717) is 24.5 Å². The zero-order valence-corrected chi connectivity index (χ0v) is 12.1. The Morgan fingerprint density at radius 1 is 1.63 bits per heavy atom. The van der Waals surface area contributed by atoms with Gasteiger partial charge in [0.2, 0.25) is 11.8 Å². The van der Waals surface area contributed by atoms with Crippen LogP contribution in [0, 0.1) is 0 Å². The van der Waals surface area contributed by atoms with Crippen molar-refractivity contribution in [3.05, 3.63) is 17.0 Å². The fourth-order valence-electron chi connectivity index (χ4n) is 1.86. The molecule has 0 N–H and O–H groups in total. The maximum Gasteiger partial charge on any atom is 0.299 e. The zero-order chi connectivity index (χ0) is 13.2. The van der Waals surface area contributed by atoms with Crippen molar-refractivity contribution in [1.29, 1.82) is 0 Å². The summed E-state index contributed by atoms with van der Waals surface area (Å²) >= 11 is 4.69. The minimum absolute atomic E-state index is 0.00691. The molecule has 0 radical (unpaired) electrons. The van der Waals surface area contributed by atoms with Crippen molar-refractivity contribution < 1.29 is 14.3 Å². The topological polar surface area (TPSA) is 72.4 Å². The summed E-state index contributed by atoms with van der Waals surface area (Å²) < 4.78 is 5.88. The smallest absolute Gasteiger partial charge is 0.299 e. The van der Waals surface area contributed by atoms with Gasteiger partial charge in [-0.15, -0.1) is 22.0 Å². The van der Waals surface area contributed by atoms with Gasteiger partial charge in [0, 0.05) is 17.1 Å². The average molecular weight is 315 g/mol. The number of hydrogen-bond acceptors (Lipinski definition) is 8. The lowest BCUT2D eigenvalue weighted by atomic mass is 10.2. The predicted molar refractivity (Wildman–Crippen MR) is 72.5 cm³/mol. The molecule has 1 unspecified atom stereocenters. The quantitative estimate of drug-likeness (QED) is 0.461. The highest BCUT2D eigenvalue weighted by molar-refractivity contribution is 8.01. The number of fused-ring (bicyclic) bond motifs is 1. The van der Waals surface area contributed by atoms with Crippen molar-refractivity contribution in [2.75, 3.05) is 11.5 Å². The van der Waals surface area contributed by atoms with Crippen LogP contribution in [-0.4, -0.2) is 44.4 Å². The molecule has 0 aliphatic carbocycles. The number of hydrogen-bond donors (Lipinski definition) is 0. The second-order valence-electron chi connectivity index (χ2n) is 3.85. The molecule has 0 aromatic carbocycles. The third-order valence-corrected chi connectivity index (χ3v) is 5.97. The summed E-state index contributed by atoms with van der Waals surface area (Å²) in [5, 5.41) is 7.83. The number of β-lactam (4-membered cyclic amide) rings is 1. The van der Waals surface area contributed by atoms with Gasteiger partial charge in [-0.05, 0) is 0 Å². The second-order valence-corrected chi connectivity index (χ2v) is 7.07. The molecular formula is C10H9N3O3S3. The predicted octanol–water partition coefficient (Wildman–Crippen LogP) is 1.32. The van der Waals surface area contributed by atoms with Gasteiger partial charge in [-0.3, -0.25) is 14.5 Å². The van der Waals surface area contributed by atoms with E-state index < -0.39 is 0 Å². The molecule has 6 nitrogen and oxygen atoms in total. The minimum atomic E-state index is 0.00691. The fraction of sp³-hybridized carbons (Fsp3) is 0.400. The van der Waals surface area contributed by atoms with Crippen molar-refractivity contribution in [2.45, 2.75) is 16.1 Å². The summed E-state index contributed by atoms with van der Waals surface area (Å²) in [5.41, 5.74) is 2.62. The van der Waals surface area contributed by atoms with E-state index >= 15 is 0 Å². The number of ether oxygens (including phenoxy) is 1. The molecule has 2 aliphatic rings. The van der Waals surface area contributed by atoms with E-state index in [1.54, 1.807) is 22.2 Å². The van der Waals surface area contributed by atoms with Crippen LogP contribution in [0.25, 0.3) is 0 Å². The van der Waals surface area contributed by atoms with Gasteiger partial charge in [0.25, 0.3) is 6.47 Å². The third kappa shape index (κ3) is 2.49. The van der Waals surface area contributed by atoms with E-state index in [4.69, 9.17) is 4.74 Å². The molecule has 3 heterocycles. The van der Waals surface area contributed by atoms with Crippen LogP contribution in [0.5, 0.6) is 0 Å². The molecule has 100 valence electrons. The van der Waals surface area contributed by atoms with Crippen LogP contribution < -0.4 is 0 Å². The number of amides is 1. The summed E-state index contributed by atoms with van der Waals surface area (Å²) in [6.07, 6.45) is 0.521. The van der Waals surface area contributed by atoms with Gasteiger partial charge in [-0.1, -0.05) is 23.1 Å². The molecule has 1 amide bonds. The third-order valence-electron chi connectivity index (χ3n) is 2.75. The summed E-state index contributed by atoms with van der Waals surface area (Å²) in [6.45, 7) is 0.379. The molecule has 1 aromatic heterocycles. The largest absolute Gasteiger partial charge is 0.411 e. The monoisotopic (exact) mass is 315 g/mol. The highest BCUT2D eigenvalue weighted by Crippen LogP contribution is 2.41. The Hall–Kier alpha value is -1.06. The second kappa shape index (κ2) is 5.51. The molecule has 1 aromatic rings. The molecule has 0 saturated carbocycles. The molecule has 19 heavy (non-hydrogen) atoms. The van der Waals surface area contributed by atoms with Gasteiger partial charge in [-0.2, -0.15) is 0 Å². The van der Waals surface area contributed by atoms with Crippen LogP contribution in [0.3, 0.4) is 0 Å². The highest BCUT2D eigenvalue weighted by Gasteiger charge is 2.44. The fourth-order valence-corrected chi connectivity index (χ4v) is 4.71. The van der Waals surface area contributed by atoms with Crippen LogP contribution in [0.1, 0.15) is 6.42 Å². The van der Waals surface area contributed by atoms with Crippen molar-refractivity contribution in [2.24, 2.45) is 0 Å². The van der Waals surface area contributed by atoms with Gasteiger partial charge in [0.1, 0.15) is 5.51 Å². The summed E-state index contributed by atoms with van der Waals surface area (Å²) in [4.78, 5) is 23.8. The first-order valence-corrected chi connectivity index (χ1v) is 8.36. The first-order chi connectivity index (χ1) is 9.29. The van der Waals surface area contributed by atoms with Crippen LogP contribution >= 0.6 is 34.9 Å². The molecule has 1 fully saturated rings. The van der Waals surface area contributed by atoms with E-state index in [1.165, 1.54) is 23.1 Å². The normalized spacial score (nSPS) is 22.0. The number of carbonyl (C=O) groups excluding carboxylic acids is 2. The molecule has 3 rings (SSSR count). The molecule has 0 spiro atoms. The SMILES string of the molecule is O=COC1=C(CSc2nncs2)CSC2CC(=O)N12. The van der Waals surface area contributed by atoms with Crippen LogP contribution in [0.2, 0.25) is 0 Å². The van der Waals surface area contributed by atoms with E-state index in [0.717, 1.165) is 15.7 Å². The number of nitrogens with zero attached hydrogens (tertiary/aromatic N) is 3. The molecule has 1 atom stereocenters. The lowest BCUT2D eigenvalue weighted by molar-refractivity contribution is -0.145. The Labute approximate surface area is 121 Å². The first kappa shape index (κ1) is 12.9. The van der Waals surface area contributed by atoms with Crippen LogP contribution in [0.15, 0.2) is 21.3 Å². The van der Waals surface area contributed by atoms with Crippen molar-refractivity contribution in [3.8, 4) is 0 Å². The average Bonchev–Trinajstić information content (AvgIpc) is 2.89. The lowest BCUT2D eigenvalue weighted by Crippen LogP contribution is -2.52. The Balaban J connectivity index is 1.77. The summed E-state index contributed by atoms with van der Waals surface area (Å²) in [5.74, 6) is 1.82. The lowest BCUT2D eigenvalue weighted by Gasteiger charge is -2.43. The van der Waals surface area contributed by atoms with Crippen molar-refractivity contribution in [3.63, 3.8) is 0 Å². The molecular weight excluding hydrogens is 306 g/mol. The van der Waals surface area contributed by atoms with E-state index in [2.05, 4.69) is 10.2 Å². The van der Waals surface area contributed by atoms with Crippen molar-refractivity contribution in [1.82, 2.24) is 15.1 Å². The van der Waals surface area contributed by atoms with Crippen molar-refractivity contribution >= 4 is 47.2 Å². The van der Waals surface area contributed by atoms with Gasteiger partial charge >= 0.3 is 0 Å². The Morgan fingerprint density at radius 2 is 2.53 bits per heavy atom.